The average molecular weight is 552 g/mol. The Labute approximate surface area is 241 Å². The van der Waals surface area contributed by atoms with E-state index in [-0.39, 0.29) is 11.7 Å². The number of fused-ring (bicyclic) bond motifs is 2. The summed E-state index contributed by atoms with van der Waals surface area (Å²) in [4.78, 5) is 20.5. The lowest BCUT2D eigenvalue weighted by Gasteiger charge is -2.08. The highest BCUT2D eigenvalue weighted by molar-refractivity contribution is 6.02. The smallest absolute Gasteiger partial charge is 0.228 e. The van der Waals surface area contributed by atoms with E-state index in [0.717, 1.165) is 66.6 Å². The molecule has 6 nitrogen and oxygen atoms in total. The van der Waals surface area contributed by atoms with Crippen LogP contribution in [0, 0.1) is 12.7 Å². The van der Waals surface area contributed by atoms with Crippen LogP contribution < -0.4 is 5.32 Å². The number of amides is 1. The largest absolute Gasteiger partial charge is 0.353 e. The standard InChI is InChI=1S/C35H26FN5O/c1-21-12-24(15-26(36)13-21)28-8-5-9-31-29(28)18-33(39-31)35-30-17-23(10-11-32(30)40-41-35)25-16-27(20-37-19-25)38-34(42)14-22-6-3-2-4-7-22/h2-13,15-20,39H,14H2,1H3,(H,38,42)(H,40,41). The van der Waals surface area contributed by atoms with Crippen molar-refractivity contribution >= 4 is 33.4 Å². The number of rotatable bonds is 6. The number of carbonyl (C=O) groups excluding carboxylic acids is 1. The Morgan fingerprint density at radius 2 is 1.69 bits per heavy atom. The van der Waals surface area contributed by atoms with Gasteiger partial charge < -0.3 is 10.3 Å². The van der Waals surface area contributed by atoms with Crippen LogP contribution in [0.5, 0.6) is 0 Å². The van der Waals surface area contributed by atoms with E-state index < -0.39 is 0 Å². The minimum absolute atomic E-state index is 0.0979. The van der Waals surface area contributed by atoms with E-state index in [2.05, 4.69) is 37.6 Å². The molecule has 3 aromatic heterocycles. The lowest BCUT2D eigenvalue weighted by molar-refractivity contribution is -0.115. The van der Waals surface area contributed by atoms with Crippen molar-refractivity contribution in [2.75, 3.05) is 5.32 Å². The lowest BCUT2D eigenvalue weighted by atomic mass is 9.99. The zero-order valence-corrected chi connectivity index (χ0v) is 22.8. The average Bonchev–Trinajstić information content (AvgIpc) is 3.61. The van der Waals surface area contributed by atoms with Crippen LogP contribution in [0.1, 0.15) is 11.1 Å². The van der Waals surface area contributed by atoms with Crippen molar-refractivity contribution in [3.05, 3.63) is 126 Å². The third-order valence-corrected chi connectivity index (χ3v) is 7.40. The molecule has 0 spiro atoms. The number of aromatic nitrogens is 4. The number of hydrogen-bond donors (Lipinski definition) is 3. The molecule has 0 saturated heterocycles. The predicted molar refractivity (Wildman–Crippen MR) is 166 cm³/mol. The van der Waals surface area contributed by atoms with Crippen molar-refractivity contribution in [3.8, 4) is 33.6 Å². The summed E-state index contributed by atoms with van der Waals surface area (Å²) in [5.74, 6) is -0.350. The Kier molecular flexibility index (Phi) is 6.32. The van der Waals surface area contributed by atoms with Gasteiger partial charge in [0.1, 0.15) is 11.5 Å². The highest BCUT2D eigenvalue weighted by Gasteiger charge is 2.15. The molecule has 7 aromatic rings. The van der Waals surface area contributed by atoms with Crippen molar-refractivity contribution in [2.45, 2.75) is 13.3 Å². The third-order valence-electron chi connectivity index (χ3n) is 7.40. The van der Waals surface area contributed by atoms with Crippen molar-refractivity contribution in [2.24, 2.45) is 0 Å². The summed E-state index contributed by atoms with van der Waals surface area (Å²) in [6.45, 7) is 1.90. The number of benzene rings is 4. The molecule has 7 heteroatoms. The molecular formula is C35H26FN5O. The Morgan fingerprint density at radius 1 is 0.810 bits per heavy atom. The first-order chi connectivity index (χ1) is 20.5. The fourth-order valence-electron chi connectivity index (χ4n) is 5.48. The van der Waals surface area contributed by atoms with Crippen LogP contribution in [0.25, 0.3) is 55.4 Å². The maximum atomic E-state index is 14.2. The van der Waals surface area contributed by atoms with E-state index in [4.69, 9.17) is 0 Å². The van der Waals surface area contributed by atoms with E-state index >= 15 is 0 Å². The fraction of sp³-hybridized carbons (Fsp3) is 0.0571. The number of H-pyrrole nitrogens is 2. The summed E-state index contributed by atoms with van der Waals surface area (Å²) < 4.78 is 14.2. The Morgan fingerprint density at radius 3 is 2.55 bits per heavy atom. The molecule has 0 aliphatic rings. The summed E-state index contributed by atoms with van der Waals surface area (Å²) in [5.41, 5.74) is 9.55. The second kappa shape index (κ2) is 10.4. The molecule has 7 rings (SSSR count). The number of carbonyl (C=O) groups is 1. The number of nitrogens with zero attached hydrogens (tertiary/aromatic N) is 2. The van der Waals surface area contributed by atoms with Crippen molar-refractivity contribution in [1.29, 1.82) is 0 Å². The van der Waals surface area contributed by atoms with E-state index in [1.54, 1.807) is 18.5 Å². The van der Waals surface area contributed by atoms with Crippen LogP contribution in [0.2, 0.25) is 0 Å². The molecular weight excluding hydrogens is 525 g/mol. The van der Waals surface area contributed by atoms with Gasteiger partial charge in [-0.3, -0.25) is 14.9 Å². The monoisotopic (exact) mass is 551 g/mol. The first kappa shape index (κ1) is 25.4. The van der Waals surface area contributed by atoms with Crippen molar-refractivity contribution in [3.63, 3.8) is 0 Å². The summed E-state index contributed by atoms with van der Waals surface area (Å²) in [7, 11) is 0. The molecule has 42 heavy (non-hydrogen) atoms. The van der Waals surface area contributed by atoms with Crippen molar-refractivity contribution < 1.29 is 9.18 Å². The molecule has 1 amide bonds. The van der Waals surface area contributed by atoms with Crippen LogP contribution in [0.3, 0.4) is 0 Å². The molecule has 0 unspecified atom stereocenters. The third kappa shape index (κ3) is 4.92. The minimum Gasteiger partial charge on any atom is -0.353 e. The maximum Gasteiger partial charge on any atom is 0.228 e. The molecule has 0 radical (unpaired) electrons. The van der Waals surface area contributed by atoms with Crippen LogP contribution in [-0.4, -0.2) is 26.1 Å². The van der Waals surface area contributed by atoms with E-state index in [0.29, 0.717) is 12.1 Å². The number of aromatic amines is 2. The molecule has 0 aliphatic heterocycles. The molecule has 204 valence electrons. The van der Waals surface area contributed by atoms with Gasteiger partial charge in [-0.15, -0.1) is 0 Å². The Hall–Kier alpha value is -5.56. The van der Waals surface area contributed by atoms with Gasteiger partial charge in [-0.1, -0.05) is 54.6 Å². The molecule has 0 aliphatic carbocycles. The van der Waals surface area contributed by atoms with Crippen LogP contribution in [0.4, 0.5) is 10.1 Å². The molecule has 0 fully saturated rings. The zero-order valence-electron chi connectivity index (χ0n) is 22.8. The van der Waals surface area contributed by atoms with E-state index in [9.17, 15) is 9.18 Å². The maximum absolute atomic E-state index is 14.2. The predicted octanol–water partition coefficient (Wildman–Crippen LogP) is 8.07. The topological polar surface area (TPSA) is 86.5 Å². The zero-order chi connectivity index (χ0) is 28.6. The molecule has 3 N–H and O–H groups in total. The summed E-state index contributed by atoms with van der Waals surface area (Å²) in [5, 5.41) is 12.7. The number of nitrogens with one attached hydrogen (secondary N) is 3. The first-order valence-electron chi connectivity index (χ1n) is 13.7. The highest BCUT2D eigenvalue weighted by atomic mass is 19.1. The lowest BCUT2D eigenvalue weighted by Crippen LogP contribution is -2.14. The summed E-state index contributed by atoms with van der Waals surface area (Å²) in [6, 6.07) is 30.8. The molecule has 0 saturated carbocycles. The molecule has 0 bridgehead atoms. The van der Waals surface area contributed by atoms with Gasteiger partial charge in [-0.05, 0) is 77.2 Å². The van der Waals surface area contributed by atoms with Gasteiger partial charge in [0, 0.05) is 28.0 Å². The highest BCUT2D eigenvalue weighted by Crippen LogP contribution is 2.36. The van der Waals surface area contributed by atoms with Gasteiger partial charge in [0.05, 0.1) is 29.5 Å². The second-order valence-electron chi connectivity index (χ2n) is 10.5. The SMILES string of the molecule is Cc1cc(F)cc(-c2cccc3[nH]c(-c4n[nH]c5ccc(-c6cncc(NC(=O)Cc7ccccc7)c6)cc45)cc23)c1. The van der Waals surface area contributed by atoms with E-state index in [1.165, 1.54) is 6.07 Å². The van der Waals surface area contributed by atoms with Gasteiger partial charge in [-0.2, -0.15) is 5.10 Å². The van der Waals surface area contributed by atoms with Crippen LogP contribution in [-0.2, 0) is 11.2 Å². The van der Waals surface area contributed by atoms with Gasteiger partial charge >= 0.3 is 0 Å². The van der Waals surface area contributed by atoms with E-state index in [1.807, 2.05) is 79.7 Å². The van der Waals surface area contributed by atoms with Gasteiger partial charge in [0.25, 0.3) is 0 Å². The summed E-state index contributed by atoms with van der Waals surface area (Å²) in [6.07, 6.45) is 3.72. The normalized spacial score (nSPS) is 11.3. The number of halogens is 1. The molecule has 0 atom stereocenters. The number of pyridine rings is 1. The molecule has 4 aromatic carbocycles. The number of anilines is 1. The summed E-state index contributed by atoms with van der Waals surface area (Å²) >= 11 is 0. The fourth-order valence-corrected chi connectivity index (χ4v) is 5.48. The molecule has 3 heterocycles. The Balaban J connectivity index is 1.22. The van der Waals surface area contributed by atoms with Gasteiger partial charge in [0.15, 0.2) is 0 Å². The van der Waals surface area contributed by atoms with Crippen molar-refractivity contribution in [1.82, 2.24) is 20.2 Å². The second-order valence-corrected chi connectivity index (χ2v) is 10.5. The number of hydrogen-bond acceptors (Lipinski definition) is 3. The quantitative estimate of drug-likeness (QED) is 0.195. The Bertz CT molecular complexity index is 2070. The first-order valence-corrected chi connectivity index (χ1v) is 13.7. The van der Waals surface area contributed by atoms with Crippen LogP contribution >= 0.6 is 0 Å². The van der Waals surface area contributed by atoms with Gasteiger partial charge in [-0.25, -0.2) is 4.39 Å². The number of aryl methyl sites for hydroxylation is 1. The van der Waals surface area contributed by atoms with Gasteiger partial charge in [0.2, 0.25) is 5.91 Å². The van der Waals surface area contributed by atoms with Crippen LogP contribution in [0.15, 0.2) is 109 Å². The minimum atomic E-state index is -0.252.